The van der Waals surface area contributed by atoms with Gasteiger partial charge < -0.3 is 4.74 Å². The van der Waals surface area contributed by atoms with Crippen molar-refractivity contribution in [3.63, 3.8) is 0 Å². The van der Waals surface area contributed by atoms with Crippen molar-refractivity contribution >= 4 is 15.9 Å². The van der Waals surface area contributed by atoms with Crippen molar-refractivity contribution < 1.29 is 4.74 Å². The van der Waals surface area contributed by atoms with Gasteiger partial charge in [0, 0.05) is 24.1 Å². The molecule has 2 nitrogen and oxygen atoms in total. The van der Waals surface area contributed by atoms with Crippen molar-refractivity contribution in [3.05, 3.63) is 63.6 Å². The second-order valence-electron chi connectivity index (χ2n) is 5.50. The normalized spacial score (nSPS) is 15.3. The lowest BCUT2D eigenvalue weighted by Gasteiger charge is -2.21. The topological polar surface area (TPSA) is 12.5 Å². The predicted octanol–water partition coefficient (Wildman–Crippen LogP) is 4.06. The van der Waals surface area contributed by atoms with Crippen LogP contribution in [0.15, 0.2) is 46.9 Å². The van der Waals surface area contributed by atoms with Crippen molar-refractivity contribution in [1.82, 2.24) is 4.90 Å². The van der Waals surface area contributed by atoms with Crippen molar-refractivity contribution in [1.29, 1.82) is 0 Å². The van der Waals surface area contributed by atoms with Gasteiger partial charge in [-0.15, -0.1) is 0 Å². The summed E-state index contributed by atoms with van der Waals surface area (Å²) in [4.78, 5) is 2.53. The van der Waals surface area contributed by atoms with Crippen LogP contribution >= 0.6 is 15.9 Å². The van der Waals surface area contributed by atoms with Crippen LogP contribution in [0.4, 0.5) is 0 Å². The Bertz CT molecular complexity index is 599. The first-order valence-electron chi connectivity index (χ1n) is 7.38. The zero-order valence-corrected chi connectivity index (χ0v) is 13.9. The quantitative estimate of drug-likeness (QED) is 0.831. The van der Waals surface area contributed by atoms with Crippen LogP contribution in [0, 0.1) is 0 Å². The second kappa shape index (κ2) is 6.63. The summed E-state index contributed by atoms with van der Waals surface area (Å²) >= 11 is 3.65. The summed E-state index contributed by atoms with van der Waals surface area (Å²) in [5.41, 5.74) is 4.30. The van der Waals surface area contributed by atoms with E-state index in [1.807, 2.05) is 6.07 Å². The molecule has 0 unspecified atom stereocenters. The number of rotatable bonds is 3. The van der Waals surface area contributed by atoms with Gasteiger partial charge in [-0.05, 0) is 47.7 Å². The van der Waals surface area contributed by atoms with Crippen LogP contribution in [0.1, 0.15) is 16.7 Å². The molecule has 3 heteroatoms. The maximum atomic E-state index is 5.34. The molecule has 0 amide bonds. The number of hydrogen-bond acceptors (Lipinski definition) is 2. The zero-order chi connectivity index (χ0) is 14.7. The van der Waals surface area contributed by atoms with Gasteiger partial charge in [-0.2, -0.15) is 0 Å². The minimum atomic E-state index is 0.923. The Hall–Kier alpha value is -1.32. The first kappa shape index (κ1) is 14.6. The lowest BCUT2D eigenvalue weighted by molar-refractivity contribution is 0.278. The highest BCUT2D eigenvalue weighted by molar-refractivity contribution is 9.10. The highest BCUT2D eigenvalue weighted by atomic mass is 79.9. The van der Waals surface area contributed by atoms with E-state index in [4.69, 9.17) is 4.74 Å². The maximum absolute atomic E-state index is 5.34. The minimum Gasteiger partial charge on any atom is -0.497 e. The van der Waals surface area contributed by atoms with Crippen LogP contribution in [0.2, 0.25) is 0 Å². The van der Waals surface area contributed by atoms with E-state index in [0.29, 0.717) is 0 Å². The van der Waals surface area contributed by atoms with Crippen LogP contribution in [-0.4, -0.2) is 25.1 Å². The van der Waals surface area contributed by atoms with Gasteiger partial charge in [-0.25, -0.2) is 0 Å². The van der Waals surface area contributed by atoms with Gasteiger partial charge in [0.1, 0.15) is 5.75 Å². The van der Waals surface area contributed by atoms with Gasteiger partial charge in [0.05, 0.1) is 7.11 Å². The van der Waals surface area contributed by atoms with E-state index in [-0.39, 0.29) is 0 Å². The van der Waals surface area contributed by atoms with Crippen LogP contribution < -0.4 is 4.74 Å². The molecule has 0 radical (unpaired) electrons. The molecule has 0 spiro atoms. The van der Waals surface area contributed by atoms with Crippen LogP contribution in [0.5, 0.6) is 5.75 Å². The number of benzene rings is 2. The van der Waals surface area contributed by atoms with E-state index in [2.05, 4.69) is 57.2 Å². The molecule has 110 valence electrons. The summed E-state index contributed by atoms with van der Waals surface area (Å²) in [7, 11) is 1.72. The molecule has 21 heavy (non-hydrogen) atoms. The average Bonchev–Trinajstić information content (AvgIpc) is 2.72. The fourth-order valence-corrected chi connectivity index (χ4v) is 3.28. The number of hydrogen-bond donors (Lipinski definition) is 0. The van der Waals surface area contributed by atoms with E-state index in [9.17, 15) is 0 Å². The summed E-state index contributed by atoms with van der Waals surface area (Å²) in [6, 6.07) is 15.0. The second-order valence-corrected chi connectivity index (χ2v) is 6.36. The van der Waals surface area contributed by atoms with Crippen molar-refractivity contribution in [2.75, 3.05) is 20.2 Å². The van der Waals surface area contributed by atoms with E-state index in [1.54, 1.807) is 7.11 Å². The molecule has 1 aliphatic rings. The standard InChI is InChI=1S/C18H20BrNO/c1-21-17-6-7-18(19)16(12-17)13-20-10-8-14-4-2-3-5-15(14)9-11-20/h2-7,12H,8-11,13H2,1H3. The number of methoxy groups -OCH3 is 1. The smallest absolute Gasteiger partial charge is 0.119 e. The highest BCUT2D eigenvalue weighted by Crippen LogP contribution is 2.25. The lowest BCUT2D eigenvalue weighted by Crippen LogP contribution is -2.26. The van der Waals surface area contributed by atoms with Gasteiger partial charge in [-0.3, -0.25) is 4.90 Å². The number of ether oxygens (including phenoxy) is 1. The van der Waals surface area contributed by atoms with E-state index >= 15 is 0 Å². The molecule has 0 atom stereocenters. The Balaban J connectivity index is 1.72. The fraction of sp³-hybridized carbons (Fsp3) is 0.333. The monoisotopic (exact) mass is 345 g/mol. The summed E-state index contributed by atoms with van der Waals surface area (Å²) in [5, 5.41) is 0. The molecular formula is C18H20BrNO. The SMILES string of the molecule is COc1ccc(Br)c(CN2CCc3ccccc3CC2)c1. The number of fused-ring (bicyclic) bond motifs is 1. The maximum Gasteiger partial charge on any atom is 0.119 e. The number of halogens is 1. The first-order chi connectivity index (χ1) is 10.3. The summed E-state index contributed by atoms with van der Waals surface area (Å²) < 4.78 is 6.49. The molecule has 2 aromatic rings. The van der Waals surface area contributed by atoms with Gasteiger partial charge in [0.15, 0.2) is 0 Å². The highest BCUT2D eigenvalue weighted by Gasteiger charge is 2.15. The summed E-state index contributed by atoms with van der Waals surface area (Å²) in [6.07, 6.45) is 2.27. The van der Waals surface area contributed by atoms with Crippen LogP contribution in [0.3, 0.4) is 0 Å². The number of nitrogens with zero attached hydrogens (tertiary/aromatic N) is 1. The molecule has 0 N–H and O–H groups in total. The largest absolute Gasteiger partial charge is 0.497 e. The molecule has 0 bridgehead atoms. The van der Waals surface area contributed by atoms with Crippen molar-refractivity contribution in [3.8, 4) is 5.75 Å². The van der Waals surface area contributed by atoms with Crippen LogP contribution in [0.25, 0.3) is 0 Å². The van der Waals surface area contributed by atoms with E-state index < -0.39 is 0 Å². The van der Waals surface area contributed by atoms with Crippen molar-refractivity contribution in [2.24, 2.45) is 0 Å². The molecule has 0 saturated heterocycles. The van der Waals surface area contributed by atoms with Gasteiger partial charge in [0.25, 0.3) is 0 Å². The predicted molar refractivity (Wildman–Crippen MR) is 89.8 cm³/mol. The average molecular weight is 346 g/mol. The third kappa shape index (κ3) is 3.47. The third-order valence-electron chi connectivity index (χ3n) is 4.16. The molecule has 0 aromatic heterocycles. The summed E-state index contributed by atoms with van der Waals surface area (Å²) in [6.45, 7) is 3.19. The lowest BCUT2D eigenvalue weighted by atomic mass is 10.0. The molecule has 2 aromatic carbocycles. The first-order valence-corrected chi connectivity index (χ1v) is 8.17. The Labute approximate surface area is 134 Å². The van der Waals surface area contributed by atoms with E-state index in [0.717, 1.165) is 42.7 Å². The van der Waals surface area contributed by atoms with Gasteiger partial charge in [0.2, 0.25) is 0 Å². The van der Waals surface area contributed by atoms with Gasteiger partial charge in [-0.1, -0.05) is 40.2 Å². The molecule has 0 saturated carbocycles. The molecule has 3 rings (SSSR count). The zero-order valence-electron chi connectivity index (χ0n) is 12.3. The molecule has 0 fully saturated rings. The molecular weight excluding hydrogens is 326 g/mol. The Morgan fingerprint density at radius 3 is 2.33 bits per heavy atom. The third-order valence-corrected chi connectivity index (χ3v) is 4.93. The molecule has 1 aliphatic heterocycles. The Kier molecular flexibility index (Phi) is 4.61. The Morgan fingerprint density at radius 1 is 1.05 bits per heavy atom. The minimum absolute atomic E-state index is 0.923. The van der Waals surface area contributed by atoms with E-state index in [1.165, 1.54) is 16.7 Å². The van der Waals surface area contributed by atoms with Crippen molar-refractivity contribution in [2.45, 2.75) is 19.4 Å². The molecule has 0 aliphatic carbocycles. The summed E-state index contributed by atoms with van der Waals surface area (Å²) in [5.74, 6) is 0.923. The van der Waals surface area contributed by atoms with Crippen LogP contribution in [-0.2, 0) is 19.4 Å². The molecule has 1 heterocycles. The fourth-order valence-electron chi connectivity index (χ4n) is 2.91. The van der Waals surface area contributed by atoms with Gasteiger partial charge >= 0.3 is 0 Å². The Morgan fingerprint density at radius 2 is 1.71 bits per heavy atom.